The molecule has 7 nitrogen and oxygen atoms in total. The van der Waals surface area contributed by atoms with E-state index >= 15 is 0 Å². The van der Waals surface area contributed by atoms with Crippen molar-refractivity contribution < 1.29 is 4.79 Å². The number of hydrogen-bond donors (Lipinski definition) is 0. The molecule has 0 unspecified atom stereocenters. The summed E-state index contributed by atoms with van der Waals surface area (Å²) in [4.78, 5) is 32.3. The highest BCUT2D eigenvalue weighted by molar-refractivity contribution is 5.78. The Bertz CT molecular complexity index is 1330. The molecule has 1 saturated heterocycles. The van der Waals surface area contributed by atoms with Crippen molar-refractivity contribution >= 4 is 16.9 Å². The van der Waals surface area contributed by atoms with Crippen molar-refractivity contribution in [3.8, 4) is 5.69 Å². The lowest BCUT2D eigenvalue weighted by atomic mass is 9.90. The number of rotatable bonds is 5. The first-order valence-electron chi connectivity index (χ1n) is 11.4. The molecule has 5 rings (SSSR count). The van der Waals surface area contributed by atoms with Crippen LogP contribution in [0.4, 0.5) is 0 Å². The summed E-state index contributed by atoms with van der Waals surface area (Å²) in [7, 11) is 0. The Balaban J connectivity index is 1.27. The van der Waals surface area contributed by atoms with Crippen molar-refractivity contribution in [1.82, 2.24) is 24.2 Å². The van der Waals surface area contributed by atoms with E-state index in [9.17, 15) is 9.59 Å². The highest BCUT2D eigenvalue weighted by Gasteiger charge is 2.24. The van der Waals surface area contributed by atoms with Crippen molar-refractivity contribution in [2.75, 3.05) is 13.1 Å². The fourth-order valence-corrected chi connectivity index (χ4v) is 4.62. The summed E-state index contributed by atoms with van der Waals surface area (Å²) < 4.78 is 3.07. The van der Waals surface area contributed by atoms with E-state index in [0.29, 0.717) is 17.0 Å². The van der Waals surface area contributed by atoms with Crippen LogP contribution in [0.2, 0.25) is 0 Å². The van der Waals surface area contributed by atoms with E-state index < -0.39 is 0 Å². The number of aryl methyl sites for hydroxylation is 1. The third kappa shape index (κ3) is 4.31. The molecule has 0 radical (unpaired) electrons. The number of aromatic nitrogens is 4. The summed E-state index contributed by atoms with van der Waals surface area (Å²) in [6.07, 6.45) is 6.01. The number of piperidine rings is 1. The molecule has 0 N–H and O–H groups in total. The summed E-state index contributed by atoms with van der Waals surface area (Å²) >= 11 is 0. The predicted molar refractivity (Wildman–Crippen MR) is 127 cm³/mol. The lowest BCUT2D eigenvalue weighted by molar-refractivity contribution is -0.133. The quantitative estimate of drug-likeness (QED) is 0.476. The second-order valence-electron chi connectivity index (χ2n) is 8.77. The van der Waals surface area contributed by atoms with Gasteiger partial charge in [-0.2, -0.15) is 5.10 Å². The van der Waals surface area contributed by atoms with E-state index in [1.807, 2.05) is 42.2 Å². The Morgan fingerprint density at radius 1 is 1.03 bits per heavy atom. The standard InChI is InChI=1S/C26H27N5O2/c1-19-7-5-6-10-23(19)31-25-22(16-28-31)26(33)30(18-27-25)17-24(32)29-13-11-21(12-14-29)15-20-8-3-2-4-9-20/h2-10,16,18,21H,11-15,17H2,1H3. The van der Waals surface area contributed by atoms with Gasteiger partial charge in [-0.1, -0.05) is 48.5 Å². The molecule has 7 heteroatoms. The number of carbonyl (C=O) groups is 1. The van der Waals surface area contributed by atoms with Gasteiger partial charge < -0.3 is 4.90 Å². The minimum atomic E-state index is -0.243. The number of para-hydroxylation sites is 1. The Morgan fingerprint density at radius 3 is 2.52 bits per heavy atom. The topological polar surface area (TPSA) is 73.0 Å². The normalized spacial score (nSPS) is 14.6. The number of fused-ring (bicyclic) bond motifs is 1. The summed E-state index contributed by atoms with van der Waals surface area (Å²) in [5.41, 5.74) is 3.53. The molecule has 168 valence electrons. The summed E-state index contributed by atoms with van der Waals surface area (Å²) in [6.45, 7) is 3.45. The first-order valence-corrected chi connectivity index (χ1v) is 11.4. The Morgan fingerprint density at radius 2 is 1.76 bits per heavy atom. The largest absolute Gasteiger partial charge is 0.341 e. The van der Waals surface area contributed by atoms with Crippen LogP contribution in [0.25, 0.3) is 16.7 Å². The number of nitrogens with zero attached hydrogens (tertiary/aromatic N) is 5. The minimum Gasteiger partial charge on any atom is -0.341 e. The van der Waals surface area contributed by atoms with Gasteiger partial charge >= 0.3 is 0 Å². The average molecular weight is 442 g/mol. The molecular weight excluding hydrogens is 414 g/mol. The molecule has 0 atom stereocenters. The van der Waals surface area contributed by atoms with Crippen LogP contribution in [0.5, 0.6) is 0 Å². The maximum Gasteiger partial charge on any atom is 0.264 e. The van der Waals surface area contributed by atoms with E-state index in [0.717, 1.165) is 43.6 Å². The van der Waals surface area contributed by atoms with E-state index in [1.54, 1.807) is 4.68 Å². The van der Waals surface area contributed by atoms with Gasteiger partial charge in [0.15, 0.2) is 5.65 Å². The minimum absolute atomic E-state index is 0.000665. The number of hydrogen-bond acceptors (Lipinski definition) is 4. The van der Waals surface area contributed by atoms with Crippen LogP contribution in [0.3, 0.4) is 0 Å². The third-order valence-electron chi connectivity index (χ3n) is 6.54. The molecule has 1 aliphatic rings. The van der Waals surface area contributed by atoms with Gasteiger partial charge in [-0.15, -0.1) is 0 Å². The van der Waals surface area contributed by atoms with Crippen LogP contribution in [0.1, 0.15) is 24.0 Å². The predicted octanol–water partition coefficient (Wildman–Crippen LogP) is 3.37. The van der Waals surface area contributed by atoms with Crippen molar-refractivity contribution in [2.45, 2.75) is 32.7 Å². The number of amides is 1. The zero-order valence-electron chi connectivity index (χ0n) is 18.7. The lowest BCUT2D eigenvalue weighted by Crippen LogP contribution is -2.41. The number of benzene rings is 2. The van der Waals surface area contributed by atoms with E-state index in [4.69, 9.17) is 0 Å². The Labute approximate surface area is 192 Å². The smallest absolute Gasteiger partial charge is 0.264 e. The fraction of sp³-hybridized carbons (Fsp3) is 0.308. The van der Waals surface area contributed by atoms with Crippen molar-refractivity contribution in [2.24, 2.45) is 5.92 Å². The van der Waals surface area contributed by atoms with E-state index in [1.165, 1.54) is 22.7 Å². The molecule has 1 amide bonds. The molecule has 2 aromatic carbocycles. The van der Waals surface area contributed by atoms with Gasteiger partial charge in [0.2, 0.25) is 5.91 Å². The van der Waals surface area contributed by atoms with Gasteiger partial charge in [0.1, 0.15) is 18.3 Å². The SMILES string of the molecule is Cc1ccccc1-n1ncc2c(=O)n(CC(=O)N3CCC(Cc4ccccc4)CC3)cnc21. The molecule has 2 aromatic heterocycles. The van der Waals surface area contributed by atoms with E-state index in [-0.39, 0.29) is 18.0 Å². The van der Waals surface area contributed by atoms with Crippen LogP contribution in [-0.2, 0) is 17.8 Å². The summed E-state index contributed by atoms with van der Waals surface area (Å²) in [5.74, 6) is 0.548. The molecule has 4 aromatic rings. The average Bonchev–Trinajstić information content (AvgIpc) is 3.27. The number of carbonyl (C=O) groups excluding carboxylic acids is 1. The van der Waals surface area contributed by atoms with Crippen molar-refractivity contribution in [3.05, 3.63) is 88.6 Å². The zero-order chi connectivity index (χ0) is 22.8. The van der Waals surface area contributed by atoms with Crippen LogP contribution in [0.15, 0.2) is 71.9 Å². The molecule has 0 spiro atoms. The highest BCUT2D eigenvalue weighted by Crippen LogP contribution is 2.22. The van der Waals surface area contributed by atoms with Crippen LogP contribution in [-0.4, -0.2) is 43.2 Å². The second kappa shape index (κ2) is 9.02. The molecule has 0 saturated carbocycles. The first-order chi connectivity index (χ1) is 16.1. The van der Waals surface area contributed by atoms with Crippen LogP contribution in [0, 0.1) is 12.8 Å². The zero-order valence-corrected chi connectivity index (χ0v) is 18.7. The number of likely N-dealkylation sites (tertiary alicyclic amines) is 1. The molecule has 0 aliphatic carbocycles. The van der Waals surface area contributed by atoms with Gasteiger partial charge in [0.25, 0.3) is 5.56 Å². The van der Waals surface area contributed by atoms with Crippen LogP contribution >= 0.6 is 0 Å². The van der Waals surface area contributed by atoms with Crippen molar-refractivity contribution in [1.29, 1.82) is 0 Å². The maximum absolute atomic E-state index is 13.0. The molecule has 33 heavy (non-hydrogen) atoms. The molecule has 0 bridgehead atoms. The Hall–Kier alpha value is -3.74. The second-order valence-corrected chi connectivity index (χ2v) is 8.77. The molecule has 1 aliphatic heterocycles. The monoisotopic (exact) mass is 441 g/mol. The Kier molecular flexibility index (Phi) is 5.77. The molecule has 3 heterocycles. The molecule has 1 fully saturated rings. The highest BCUT2D eigenvalue weighted by atomic mass is 16.2. The van der Waals surface area contributed by atoms with Gasteiger partial charge in [0, 0.05) is 13.1 Å². The van der Waals surface area contributed by atoms with Gasteiger partial charge in [-0.05, 0) is 49.3 Å². The fourth-order valence-electron chi connectivity index (χ4n) is 4.62. The lowest BCUT2D eigenvalue weighted by Gasteiger charge is -2.32. The van der Waals surface area contributed by atoms with E-state index in [2.05, 4.69) is 34.3 Å². The summed E-state index contributed by atoms with van der Waals surface area (Å²) in [6, 6.07) is 18.3. The van der Waals surface area contributed by atoms with Gasteiger partial charge in [-0.25, -0.2) is 9.67 Å². The summed E-state index contributed by atoms with van der Waals surface area (Å²) in [5, 5.41) is 4.80. The molecular formula is C26H27N5O2. The first kappa shape index (κ1) is 21.1. The van der Waals surface area contributed by atoms with Gasteiger partial charge in [0.05, 0.1) is 11.9 Å². The van der Waals surface area contributed by atoms with Gasteiger partial charge in [-0.3, -0.25) is 14.2 Å². The van der Waals surface area contributed by atoms with Crippen LogP contribution < -0.4 is 5.56 Å². The van der Waals surface area contributed by atoms with Crippen molar-refractivity contribution in [3.63, 3.8) is 0 Å². The maximum atomic E-state index is 13.0. The third-order valence-corrected chi connectivity index (χ3v) is 6.54.